The molecule has 24 heavy (non-hydrogen) atoms. The van der Waals surface area contributed by atoms with Crippen LogP contribution in [0.15, 0.2) is 12.7 Å². The quantitative estimate of drug-likeness (QED) is 0.683. The Morgan fingerprint density at radius 1 is 0.875 bits per heavy atom. The highest BCUT2D eigenvalue weighted by Gasteiger charge is 2.64. The molecule has 4 aliphatic carbocycles. The van der Waals surface area contributed by atoms with E-state index in [2.05, 4.69) is 20.4 Å². The molecule has 2 N–H and O–H groups in total. The highest BCUT2D eigenvalue weighted by atomic mass is 16.3. The second-order valence-corrected chi connectivity index (χ2v) is 10.5. The third-order valence-corrected chi connectivity index (χ3v) is 9.51. The van der Waals surface area contributed by atoms with Crippen LogP contribution in [-0.4, -0.2) is 21.4 Å². The Kier molecular flexibility index (Phi) is 3.63. The molecule has 0 radical (unpaired) electrons. The highest BCUT2D eigenvalue weighted by molar-refractivity contribution is 5.19. The molecular weight excluding hydrogens is 296 g/mol. The Bertz CT molecular complexity index is 540. The summed E-state index contributed by atoms with van der Waals surface area (Å²) < 4.78 is 0. The van der Waals surface area contributed by atoms with Gasteiger partial charge in [-0.2, -0.15) is 0 Å². The van der Waals surface area contributed by atoms with E-state index in [-0.39, 0.29) is 5.41 Å². The zero-order valence-corrected chi connectivity index (χ0v) is 15.9. The molecule has 4 fully saturated rings. The van der Waals surface area contributed by atoms with Crippen molar-refractivity contribution in [2.45, 2.75) is 89.8 Å². The third-order valence-electron chi connectivity index (χ3n) is 9.51. The van der Waals surface area contributed by atoms with Crippen LogP contribution in [0.2, 0.25) is 0 Å². The van der Waals surface area contributed by atoms with Crippen LogP contribution in [0.3, 0.4) is 0 Å². The first-order chi connectivity index (χ1) is 11.2. The molecule has 136 valence electrons. The maximum atomic E-state index is 11.2. The maximum Gasteiger partial charge on any atom is 0.0881 e. The van der Waals surface area contributed by atoms with E-state index >= 15 is 0 Å². The number of fused-ring (bicyclic) bond motifs is 5. The van der Waals surface area contributed by atoms with Crippen molar-refractivity contribution in [2.24, 2.45) is 34.5 Å². The summed E-state index contributed by atoms with van der Waals surface area (Å²) in [5.41, 5.74) is -0.673. The van der Waals surface area contributed by atoms with Crippen LogP contribution in [0.1, 0.15) is 78.6 Å². The van der Waals surface area contributed by atoms with Gasteiger partial charge in [0.2, 0.25) is 0 Å². The molecular formula is C22H36O2. The van der Waals surface area contributed by atoms with Gasteiger partial charge in [-0.3, -0.25) is 0 Å². The molecule has 4 saturated carbocycles. The number of rotatable bonds is 1. The monoisotopic (exact) mass is 332 g/mol. The van der Waals surface area contributed by atoms with Crippen LogP contribution in [0.5, 0.6) is 0 Å². The molecule has 0 aromatic heterocycles. The second kappa shape index (κ2) is 5.10. The van der Waals surface area contributed by atoms with E-state index in [4.69, 9.17) is 0 Å². The first kappa shape index (κ1) is 17.1. The summed E-state index contributed by atoms with van der Waals surface area (Å²) in [4.78, 5) is 0. The van der Waals surface area contributed by atoms with E-state index < -0.39 is 11.2 Å². The topological polar surface area (TPSA) is 40.5 Å². The van der Waals surface area contributed by atoms with Crippen molar-refractivity contribution in [1.82, 2.24) is 0 Å². The lowest BCUT2D eigenvalue weighted by Crippen LogP contribution is -2.57. The fraction of sp³-hybridized carbons (Fsp3) is 0.909. The van der Waals surface area contributed by atoms with Crippen LogP contribution >= 0.6 is 0 Å². The van der Waals surface area contributed by atoms with Gasteiger partial charge in [0.15, 0.2) is 0 Å². The summed E-state index contributed by atoms with van der Waals surface area (Å²) in [6, 6.07) is 0. The van der Waals surface area contributed by atoms with Gasteiger partial charge in [-0.05, 0) is 93.8 Å². The molecule has 0 aromatic carbocycles. The molecule has 0 heterocycles. The van der Waals surface area contributed by atoms with Crippen LogP contribution in [0, 0.1) is 34.5 Å². The zero-order valence-electron chi connectivity index (χ0n) is 15.9. The largest absolute Gasteiger partial charge is 0.390 e. The predicted octanol–water partition coefficient (Wildman–Crippen LogP) is 4.70. The molecule has 0 aromatic rings. The second-order valence-electron chi connectivity index (χ2n) is 10.5. The van der Waals surface area contributed by atoms with Gasteiger partial charge < -0.3 is 10.2 Å². The van der Waals surface area contributed by atoms with E-state index in [0.29, 0.717) is 17.3 Å². The molecule has 0 aliphatic heterocycles. The van der Waals surface area contributed by atoms with Gasteiger partial charge in [0.05, 0.1) is 11.2 Å². The average Bonchev–Trinajstić information content (AvgIpc) is 2.80. The van der Waals surface area contributed by atoms with Crippen LogP contribution in [0.4, 0.5) is 0 Å². The Labute approximate surface area is 147 Å². The van der Waals surface area contributed by atoms with Gasteiger partial charge in [-0.25, -0.2) is 0 Å². The zero-order chi connectivity index (χ0) is 17.4. The number of hydrogen-bond donors (Lipinski definition) is 2. The Balaban J connectivity index is 1.63. The maximum absolute atomic E-state index is 11.2. The van der Waals surface area contributed by atoms with Crippen molar-refractivity contribution >= 4 is 0 Å². The molecule has 0 bridgehead atoms. The SMILES string of the molecule is C=C[C@]1(O)CC[C@H]2[C@@H]3CC[C@H]4C[C@](C)(O)CC[C@]4(C)[C@H]3CC[C@@]21C. The molecule has 8 atom stereocenters. The van der Waals surface area contributed by atoms with Crippen LogP contribution < -0.4 is 0 Å². The molecule has 4 aliphatic rings. The summed E-state index contributed by atoms with van der Waals surface area (Å²) in [6.07, 6.45) is 12.0. The van der Waals surface area contributed by atoms with Crippen molar-refractivity contribution in [1.29, 1.82) is 0 Å². The molecule has 0 saturated heterocycles. The van der Waals surface area contributed by atoms with Crippen LogP contribution in [0.25, 0.3) is 0 Å². The van der Waals surface area contributed by atoms with E-state index in [0.717, 1.165) is 37.5 Å². The Morgan fingerprint density at radius 2 is 1.58 bits per heavy atom. The summed E-state index contributed by atoms with van der Waals surface area (Å²) >= 11 is 0. The molecule has 4 rings (SSSR count). The lowest BCUT2D eigenvalue weighted by molar-refractivity contribution is -0.159. The van der Waals surface area contributed by atoms with Crippen molar-refractivity contribution in [2.75, 3.05) is 0 Å². The fourth-order valence-corrected chi connectivity index (χ4v) is 7.82. The molecule has 0 spiro atoms. The standard InChI is InChI=1S/C22H36O2/c1-5-22(24)11-9-18-16-7-6-15-14-19(2,23)12-13-20(15,3)17(16)8-10-21(18,22)4/h5,15-18,23-24H,1,6-14H2,2-4H3/t15-,16+,17-,18-,19+,20-,21-,22-/m0/s1. The minimum absolute atomic E-state index is 0.0271. The minimum atomic E-state index is -0.656. The first-order valence-electron chi connectivity index (χ1n) is 10.2. The highest BCUT2D eigenvalue weighted by Crippen LogP contribution is 2.68. The van der Waals surface area contributed by atoms with Gasteiger partial charge in [0.1, 0.15) is 0 Å². The summed E-state index contributed by atoms with van der Waals surface area (Å²) in [7, 11) is 0. The first-order valence-corrected chi connectivity index (χ1v) is 10.2. The number of aliphatic hydroxyl groups is 2. The molecule has 2 nitrogen and oxygen atoms in total. The fourth-order valence-electron chi connectivity index (χ4n) is 7.82. The minimum Gasteiger partial charge on any atom is -0.390 e. The Hall–Kier alpha value is -0.340. The molecule has 2 heteroatoms. The van der Waals surface area contributed by atoms with Crippen molar-refractivity contribution < 1.29 is 10.2 Å². The van der Waals surface area contributed by atoms with E-state index in [1.807, 2.05) is 13.0 Å². The van der Waals surface area contributed by atoms with Crippen molar-refractivity contribution in [3.05, 3.63) is 12.7 Å². The number of hydrogen-bond acceptors (Lipinski definition) is 2. The van der Waals surface area contributed by atoms with Gasteiger partial charge in [0, 0.05) is 5.41 Å². The van der Waals surface area contributed by atoms with Gasteiger partial charge >= 0.3 is 0 Å². The average molecular weight is 333 g/mol. The predicted molar refractivity (Wildman–Crippen MR) is 97.5 cm³/mol. The van der Waals surface area contributed by atoms with Crippen LogP contribution in [-0.2, 0) is 0 Å². The lowest BCUT2D eigenvalue weighted by atomic mass is 9.43. The van der Waals surface area contributed by atoms with E-state index in [9.17, 15) is 10.2 Å². The van der Waals surface area contributed by atoms with Gasteiger partial charge in [0.25, 0.3) is 0 Å². The smallest absolute Gasteiger partial charge is 0.0881 e. The summed E-state index contributed by atoms with van der Waals surface area (Å²) in [5.74, 6) is 2.89. The van der Waals surface area contributed by atoms with Crippen molar-refractivity contribution in [3.8, 4) is 0 Å². The van der Waals surface area contributed by atoms with E-state index in [1.54, 1.807) is 0 Å². The lowest BCUT2D eigenvalue weighted by Gasteiger charge is -2.62. The van der Waals surface area contributed by atoms with Gasteiger partial charge in [-0.1, -0.05) is 19.9 Å². The Morgan fingerprint density at radius 3 is 2.29 bits per heavy atom. The molecule has 0 unspecified atom stereocenters. The normalized spacial score (nSPS) is 60.0. The summed E-state index contributed by atoms with van der Waals surface area (Å²) in [6.45, 7) is 10.9. The van der Waals surface area contributed by atoms with Gasteiger partial charge in [-0.15, -0.1) is 6.58 Å². The summed E-state index contributed by atoms with van der Waals surface area (Å²) in [5, 5.41) is 21.7. The van der Waals surface area contributed by atoms with Crippen molar-refractivity contribution in [3.63, 3.8) is 0 Å². The third kappa shape index (κ3) is 2.08. The van der Waals surface area contributed by atoms with E-state index in [1.165, 1.54) is 32.1 Å². The molecule has 0 amide bonds.